The van der Waals surface area contributed by atoms with E-state index >= 15 is 0 Å². The third-order valence-corrected chi connectivity index (χ3v) is 10.0. The number of hydrogen-bond donors (Lipinski definition) is 0. The first-order valence-electron chi connectivity index (χ1n) is 9.38. The fraction of sp³-hybridized carbons (Fsp3) is 0.208. The van der Waals surface area contributed by atoms with Crippen molar-refractivity contribution in [2.45, 2.75) is 19.3 Å². The van der Waals surface area contributed by atoms with Gasteiger partial charge < -0.3 is 0 Å². The van der Waals surface area contributed by atoms with Crippen molar-refractivity contribution >= 4 is 29.0 Å². The maximum Gasteiger partial charge on any atom is 0.139 e. The van der Waals surface area contributed by atoms with E-state index in [1.165, 1.54) is 15.9 Å². The minimum absolute atomic E-state index is 0.184. The zero-order valence-corrected chi connectivity index (χ0v) is 15.8. The molecule has 1 saturated carbocycles. The largest absolute Gasteiger partial charge is 0.299 e. The quantitative estimate of drug-likeness (QED) is 0.619. The Morgan fingerprint density at radius 3 is 1.46 bits per heavy atom. The zero-order chi connectivity index (χ0) is 17.8. The van der Waals surface area contributed by atoms with Crippen molar-refractivity contribution in [3.8, 4) is 0 Å². The molecule has 1 aliphatic carbocycles. The van der Waals surface area contributed by atoms with Gasteiger partial charge in [0.25, 0.3) is 0 Å². The maximum atomic E-state index is 12.6. The molecule has 0 heterocycles. The highest BCUT2D eigenvalue weighted by Crippen LogP contribution is 2.57. The first kappa shape index (κ1) is 17.2. The van der Waals surface area contributed by atoms with Crippen LogP contribution in [0.2, 0.25) is 0 Å². The maximum absolute atomic E-state index is 12.6. The van der Waals surface area contributed by atoms with Crippen LogP contribution in [0.5, 0.6) is 0 Å². The fourth-order valence-corrected chi connectivity index (χ4v) is 8.84. The van der Waals surface area contributed by atoms with Crippen LogP contribution in [0.3, 0.4) is 0 Å². The molecule has 0 spiro atoms. The molecule has 4 rings (SSSR count). The second-order valence-corrected chi connectivity index (χ2v) is 10.6. The van der Waals surface area contributed by atoms with Gasteiger partial charge in [-0.1, -0.05) is 54.6 Å². The summed E-state index contributed by atoms with van der Waals surface area (Å²) < 4.78 is 0. The molecule has 0 saturated heterocycles. The summed E-state index contributed by atoms with van der Waals surface area (Å²) in [4.78, 5) is 12.6. The van der Waals surface area contributed by atoms with Crippen LogP contribution in [0, 0.1) is 5.92 Å². The normalized spacial score (nSPS) is 17.4. The van der Waals surface area contributed by atoms with Crippen LogP contribution in [0.15, 0.2) is 91.0 Å². The Morgan fingerprint density at radius 2 is 1.12 bits per heavy atom. The van der Waals surface area contributed by atoms with Crippen molar-refractivity contribution in [1.29, 1.82) is 0 Å². The summed E-state index contributed by atoms with van der Waals surface area (Å²) in [5.41, 5.74) is 0. The molecule has 0 aliphatic heterocycles. The van der Waals surface area contributed by atoms with Gasteiger partial charge in [-0.2, -0.15) is 0 Å². The molecule has 3 aromatic carbocycles. The molecular weight excluding hydrogens is 335 g/mol. The Morgan fingerprint density at radius 1 is 0.692 bits per heavy atom. The first-order chi connectivity index (χ1) is 12.8. The highest BCUT2D eigenvalue weighted by atomic mass is 31.2. The fourth-order valence-electron chi connectivity index (χ4n) is 4.22. The summed E-state index contributed by atoms with van der Waals surface area (Å²) in [5, 5.41) is 4.12. The van der Waals surface area contributed by atoms with Crippen LogP contribution >= 0.6 is 7.26 Å². The van der Waals surface area contributed by atoms with E-state index < -0.39 is 7.26 Å². The van der Waals surface area contributed by atoms with E-state index in [-0.39, 0.29) is 5.92 Å². The van der Waals surface area contributed by atoms with E-state index in [1.54, 1.807) is 0 Å². The van der Waals surface area contributed by atoms with Gasteiger partial charge >= 0.3 is 0 Å². The summed E-state index contributed by atoms with van der Waals surface area (Å²) in [6, 6.07) is 32.6. The summed E-state index contributed by atoms with van der Waals surface area (Å²) in [6.45, 7) is 0. The van der Waals surface area contributed by atoms with Gasteiger partial charge in [0.1, 0.15) is 29.0 Å². The van der Waals surface area contributed by atoms with E-state index in [9.17, 15) is 4.79 Å². The van der Waals surface area contributed by atoms with E-state index in [1.807, 2.05) is 0 Å². The van der Waals surface area contributed by atoms with Crippen LogP contribution in [0.25, 0.3) is 0 Å². The Kier molecular flexibility index (Phi) is 5.00. The van der Waals surface area contributed by atoms with Crippen molar-refractivity contribution in [3.63, 3.8) is 0 Å². The number of carbonyl (C=O) groups is 1. The summed E-state index contributed by atoms with van der Waals surface area (Å²) in [5.74, 6) is 0.640. The van der Waals surface area contributed by atoms with Crippen LogP contribution in [0.1, 0.15) is 19.3 Å². The second-order valence-electron chi connectivity index (χ2n) is 7.05. The van der Waals surface area contributed by atoms with Gasteiger partial charge in [-0.05, 0) is 49.2 Å². The molecular formula is C24H24OP+. The monoisotopic (exact) mass is 359 g/mol. The summed E-state index contributed by atoms with van der Waals surface area (Å²) >= 11 is 0. The van der Waals surface area contributed by atoms with Gasteiger partial charge in [-0.25, -0.2) is 0 Å². The number of rotatable bonds is 5. The molecule has 0 N–H and O–H groups in total. The molecule has 130 valence electrons. The Hall–Kier alpha value is -2.24. The molecule has 0 bridgehead atoms. The van der Waals surface area contributed by atoms with E-state index in [4.69, 9.17) is 0 Å². The summed E-state index contributed by atoms with van der Waals surface area (Å²) in [7, 11) is -1.86. The van der Waals surface area contributed by atoms with Crippen molar-refractivity contribution in [3.05, 3.63) is 91.0 Å². The van der Waals surface area contributed by atoms with Gasteiger partial charge in [0, 0.05) is 6.42 Å². The number of carbonyl (C=O) groups excluding carboxylic acids is 1. The number of benzene rings is 3. The molecule has 26 heavy (non-hydrogen) atoms. The number of Topliss-reactive ketones (excluding diaryl/α,β-unsaturated/α-hetero) is 1. The Labute approximate surface area is 156 Å². The molecule has 3 aromatic rings. The lowest BCUT2D eigenvalue weighted by Gasteiger charge is -2.29. The minimum atomic E-state index is -1.86. The lowest BCUT2D eigenvalue weighted by atomic mass is 10.1. The lowest BCUT2D eigenvalue weighted by molar-refractivity contribution is -0.120. The molecule has 0 aromatic heterocycles. The molecule has 1 aliphatic rings. The highest BCUT2D eigenvalue weighted by molar-refractivity contribution is 7.95. The van der Waals surface area contributed by atoms with Crippen LogP contribution in [-0.2, 0) is 4.79 Å². The van der Waals surface area contributed by atoms with Gasteiger partial charge in [0.15, 0.2) is 0 Å². The van der Waals surface area contributed by atoms with Crippen molar-refractivity contribution in [2.75, 3.05) is 6.16 Å². The van der Waals surface area contributed by atoms with Crippen LogP contribution in [0.4, 0.5) is 0 Å². The molecule has 1 fully saturated rings. The number of hydrogen-bond acceptors (Lipinski definition) is 1. The van der Waals surface area contributed by atoms with Gasteiger partial charge in [0.2, 0.25) is 0 Å². The molecule has 0 radical (unpaired) electrons. The SMILES string of the molecule is O=C1CCCC1C[P+](c1ccccc1)(c1ccccc1)c1ccccc1. The van der Waals surface area contributed by atoms with Gasteiger partial charge in [-0.15, -0.1) is 0 Å². The van der Waals surface area contributed by atoms with Crippen LogP contribution in [-0.4, -0.2) is 11.9 Å². The predicted octanol–water partition coefficient (Wildman–Crippen LogP) is 4.35. The predicted molar refractivity (Wildman–Crippen MR) is 112 cm³/mol. The molecule has 1 atom stereocenters. The highest BCUT2D eigenvalue weighted by Gasteiger charge is 2.48. The zero-order valence-electron chi connectivity index (χ0n) is 14.9. The van der Waals surface area contributed by atoms with Crippen molar-refractivity contribution in [2.24, 2.45) is 5.92 Å². The van der Waals surface area contributed by atoms with E-state index in [0.29, 0.717) is 5.78 Å². The molecule has 0 amide bonds. The van der Waals surface area contributed by atoms with Gasteiger partial charge in [0.05, 0.1) is 12.1 Å². The first-order valence-corrected chi connectivity index (χ1v) is 11.4. The van der Waals surface area contributed by atoms with Crippen LogP contribution < -0.4 is 15.9 Å². The average molecular weight is 359 g/mol. The Balaban J connectivity index is 1.95. The van der Waals surface area contributed by atoms with E-state index in [2.05, 4.69) is 91.0 Å². The smallest absolute Gasteiger partial charge is 0.139 e. The second kappa shape index (κ2) is 7.56. The minimum Gasteiger partial charge on any atom is -0.299 e. The number of ketones is 1. The molecule has 1 unspecified atom stereocenters. The lowest BCUT2D eigenvalue weighted by Crippen LogP contribution is -2.36. The molecule has 2 heteroatoms. The molecule has 1 nitrogen and oxygen atoms in total. The van der Waals surface area contributed by atoms with E-state index in [0.717, 1.165) is 25.4 Å². The van der Waals surface area contributed by atoms with Crippen molar-refractivity contribution < 1.29 is 4.79 Å². The average Bonchev–Trinajstić information content (AvgIpc) is 3.12. The Bertz CT molecular complexity index is 762. The summed E-state index contributed by atoms with van der Waals surface area (Å²) in [6.07, 6.45) is 3.78. The third-order valence-electron chi connectivity index (χ3n) is 5.52. The topological polar surface area (TPSA) is 17.1 Å². The van der Waals surface area contributed by atoms with Gasteiger partial charge in [-0.3, -0.25) is 4.79 Å². The van der Waals surface area contributed by atoms with Crippen molar-refractivity contribution in [1.82, 2.24) is 0 Å². The standard InChI is InChI=1S/C24H24OP/c25-24-18-10-11-20(24)19-26(21-12-4-1-5-13-21,22-14-6-2-7-15-22)23-16-8-3-9-17-23/h1-9,12-17,20H,10-11,18-19H2/q+1. The third kappa shape index (κ3) is 3.13.